The van der Waals surface area contributed by atoms with Gasteiger partial charge in [0.05, 0.1) is 16.3 Å². The van der Waals surface area contributed by atoms with E-state index in [1.165, 1.54) is 12.5 Å². The highest BCUT2D eigenvalue weighted by Crippen LogP contribution is 2.45. The van der Waals surface area contributed by atoms with Crippen LogP contribution in [-0.2, 0) is 21.2 Å². The predicted molar refractivity (Wildman–Crippen MR) is 140 cm³/mol. The third-order valence-corrected chi connectivity index (χ3v) is 9.02. The number of nitrogens with one attached hydrogen (secondary N) is 1. The minimum atomic E-state index is -3.53. The highest BCUT2D eigenvalue weighted by molar-refractivity contribution is 7.91. The number of anilines is 2. The molecule has 5 nitrogen and oxygen atoms in total. The molecule has 0 atom stereocenters. The first-order chi connectivity index (χ1) is 16.1. The van der Waals surface area contributed by atoms with Crippen molar-refractivity contribution in [2.75, 3.05) is 17.2 Å². The van der Waals surface area contributed by atoms with Crippen molar-refractivity contribution >= 4 is 27.1 Å². The number of aryl methyl sites for hydroxylation is 2. The largest absolute Gasteiger partial charge is 0.352 e. The van der Waals surface area contributed by atoms with Crippen LogP contribution in [0.15, 0.2) is 41.3 Å². The van der Waals surface area contributed by atoms with Crippen molar-refractivity contribution in [1.29, 1.82) is 0 Å². The molecule has 1 heterocycles. The molecular formula is C28H40N2O3S. The van der Waals surface area contributed by atoms with Crippen LogP contribution in [0, 0.1) is 19.3 Å². The van der Waals surface area contributed by atoms with Crippen LogP contribution in [0.5, 0.6) is 0 Å². The van der Waals surface area contributed by atoms with Crippen LogP contribution in [0.25, 0.3) is 0 Å². The van der Waals surface area contributed by atoms with Crippen molar-refractivity contribution in [1.82, 2.24) is 5.32 Å². The molecule has 1 N–H and O–H groups in total. The second kappa shape index (κ2) is 10.9. The minimum Gasteiger partial charge on any atom is -0.352 e. The summed E-state index contributed by atoms with van der Waals surface area (Å²) in [5.41, 5.74) is 4.47. The van der Waals surface area contributed by atoms with E-state index in [1.807, 2.05) is 13.0 Å². The lowest BCUT2D eigenvalue weighted by molar-refractivity contribution is -0.119. The highest BCUT2D eigenvalue weighted by atomic mass is 32.2. The maximum atomic E-state index is 14.0. The summed E-state index contributed by atoms with van der Waals surface area (Å²) in [6, 6.07) is 12.2. The summed E-state index contributed by atoms with van der Waals surface area (Å²) >= 11 is 0. The van der Waals surface area contributed by atoms with Crippen molar-refractivity contribution in [3.05, 3.63) is 53.1 Å². The van der Waals surface area contributed by atoms with E-state index in [-0.39, 0.29) is 17.1 Å². The topological polar surface area (TPSA) is 66.5 Å². The molecule has 0 saturated heterocycles. The van der Waals surface area contributed by atoms with Crippen LogP contribution in [0.2, 0.25) is 0 Å². The zero-order valence-corrected chi connectivity index (χ0v) is 22.2. The lowest BCUT2D eigenvalue weighted by Crippen LogP contribution is -2.38. The fourth-order valence-electron chi connectivity index (χ4n) is 5.02. The molecule has 0 spiro atoms. The van der Waals surface area contributed by atoms with Gasteiger partial charge >= 0.3 is 0 Å². The lowest BCUT2D eigenvalue weighted by atomic mass is 9.79. The minimum absolute atomic E-state index is 0.128. The van der Waals surface area contributed by atoms with Crippen molar-refractivity contribution < 1.29 is 13.2 Å². The summed E-state index contributed by atoms with van der Waals surface area (Å²) in [6.45, 7) is 10.9. The van der Waals surface area contributed by atoms with E-state index in [1.54, 1.807) is 6.07 Å². The zero-order valence-electron chi connectivity index (χ0n) is 21.4. The maximum Gasteiger partial charge on any atom is 0.217 e. The number of sulfone groups is 1. The van der Waals surface area contributed by atoms with Crippen LogP contribution >= 0.6 is 0 Å². The monoisotopic (exact) mass is 484 g/mol. The number of hydrogen-bond donors (Lipinski definition) is 1. The molecule has 1 aliphatic rings. The molecule has 0 unspecified atom stereocenters. The summed E-state index contributed by atoms with van der Waals surface area (Å²) in [4.78, 5) is 14.1. The van der Waals surface area contributed by atoms with Crippen molar-refractivity contribution in [2.24, 2.45) is 5.41 Å². The van der Waals surface area contributed by atoms with Gasteiger partial charge in [0.25, 0.3) is 0 Å². The van der Waals surface area contributed by atoms with Gasteiger partial charge in [-0.3, -0.25) is 4.79 Å². The molecule has 6 heteroatoms. The molecule has 0 radical (unpaired) electrons. The second-order valence-corrected chi connectivity index (χ2v) is 12.0. The van der Waals surface area contributed by atoms with E-state index in [0.717, 1.165) is 61.0 Å². The standard InChI is InChI=1S/C28H40N2O3S/c1-6-8-14-28(15-9-7-2)19-30(25-12-10-21(3)11-13-25)26-16-22(4)24(18-29-23(5)31)17-27(26)34(32,33)20-28/h10-13,16-17H,6-9,14-15,18-20H2,1-5H3,(H,29,31). The Labute approximate surface area is 205 Å². The maximum absolute atomic E-state index is 14.0. The highest BCUT2D eigenvalue weighted by Gasteiger charge is 2.42. The average Bonchev–Trinajstić information content (AvgIpc) is 2.87. The molecule has 0 aromatic heterocycles. The van der Waals surface area contributed by atoms with E-state index in [4.69, 9.17) is 0 Å². The molecule has 2 aromatic rings. The molecule has 2 aromatic carbocycles. The Bertz CT molecular complexity index is 1100. The first-order valence-corrected chi connectivity index (χ1v) is 14.2. The van der Waals surface area contributed by atoms with Gasteiger partial charge in [-0.05, 0) is 62.1 Å². The first kappa shape index (κ1) is 26.3. The van der Waals surface area contributed by atoms with Gasteiger partial charge in [-0.15, -0.1) is 0 Å². The van der Waals surface area contributed by atoms with E-state index < -0.39 is 9.84 Å². The number of benzene rings is 2. The van der Waals surface area contributed by atoms with E-state index >= 15 is 0 Å². The predicted octanol–water partition coefficient (Wildman–Crippen LogP) is 6.23. The number of rotatable bonds is 9. The first-order valence-electron chi connectivity index (χ1n) is 12.6. The lowest BCUT2D eigenvalue weighted by Gasteiger charge is -2.37. The zero-order chi connectivity index (χ0) is 24.9. The van der Waals surface area contributed by atoms with Crippen molar-refractivity contribution in [2.45, 2.75) is 84.6 Å². The molecule has 0 saturated carbocycles. The Morgan fingerprint density at radius 2 is 1.65 bits per heavy atom. The van der Waals surface area contributed by atoms with Crippen molar-refractivity contribution in [3.63, 3.8) is 0 Å². The van der Waals surface area contributed by atoms with E-state index in [0.29, 0.717) is 18.0 Å². The van der Waals surface area contributed by atoms with Gasteiger partial charge in [0.15, 0.2) is 9.84 Å². The summed E-state index contributed by atoms with van der Waals surface area (Å²) in [5, 5.41) is 2.83. The van der Waals surface area contributed by atoms with Gasteiger partial charge < -0.3 is 10.2 Å². The van der Waals surface area contributed by atoms with Crippen molar-refractivity contribution in [3.8, 4) is 0 Å². The Morgan fingerprint density at radius 1 is 1.03 bits per heavy atom. The van der Waals surface area contributed by atoms with Crippen LogP contribution in [0.3, 0.4) is 0 Å². The number of hydrogen-bond acceptors (Lipinski definition) is 4. The quantitative estimate of drug-likeness (QED) is 0.458. The fourth-order valence-corrected chi connectivity index (χ4v) is 7.17. The summed E-state index contributed by atoms with van der Waals surface area (Å²) in [6.07, 6.45) is 5.93. The van der Waals surface area contributed by atoms with Crippen LogP contribution in [-0.4, -0.2) is 26.6 Å². The molecule has 0 aliphatic carbocycles. The molecule has 3 rings (SSSR count). The molecule has 1 amide bonds. The number of unbranched alkanes of at least 4 members (excludes halogenated alkanes) is 2. The molecule has 34 heavy (non-hydrogen) atoms. The third-order valence-electron chi connectivity index (χ3n) is 7.03. The number of fused-ring (bicyclic) bond motifs is 1. The number of nitrogens with zero attached hydrogens (tertiary/aromatic N) is 1. The number of amides is 1. The van der Waals surface area contributed by atoms with Gasteiger partial charge in [-0.1, -0.05) is 57.2 Å². The fraction of sp³-hybridized carbons (Fsp3) is 0.536. The molecule has 186 valence electrons. The number of carbonyl (C=O) groups is 1. The second-order valence-electron chi connectivity index (χ2n) is 10.0. The summed E-state index contributed by atoms with van der Waals surface area (Å²) in [7, 11) is -3.53. The van der Waals surface area contributed by atoms with Crippen LogP contribution in [0.4, 0.5) is 11.4 Å². The third kappa shape index (κ3) is 6.01. The van der Waals surface area contributed by atoms with Gasteiger partial charge in [0.1, 0.15) is 0 Å². The van der Waals surface area contributed by atoms with E-state index in [2.05, 4.69) is 55.3 Å². The van der Waals surface area contributed by atoms with Crippen LogP contribution < -0.4 is 10.2 Å². The van der Waals surface area contributed by atoms with Gasteiger partial charge in [0.2, 0.25) is 5.91 Å². The van der Waals surface area contributed by atoms with Gasteiger partial charge in [0, 0.05) is 31.1 Å². The van der Waals surface area contributed by atoms with Gasteiger partial charge in [-0.25, -0.2) is 8.42 Å². The Kier molecular flexibility index (Phi) is 8.45. The van der Waals surface area contributed by atoms with Gasteiger partial charge in [-0.2, -0.15) is 0 Å². The Balaban J connectivity index is 2.21. The summed E-state index contributed by atoms with van der Waals surface area (Å²) < 4.78 is 27.9. The molecule has 0 fully saturated rings. The normalized spacial score (nSPS) is 16.6. The SMILES string of the molecule is CCCCC1(CCCC)CN(c2ccc(C)cc2)c2cc(C)c(CNC(C)=O)cc2S(=O)(=O)C1. The number of carbonyl (C=O) groups excluding carboxylic acids is 1. The Hall–Kier alpha value is -2.34. The van der Waals surface area contributed by atoms with E-state index in [9.17, 15) is 13.2 Å². The average molecular weight is 485 g/mol. The molecular weight excluding hydrogens is 444 g/mol. The molecule has 1 aliphatic heterocycles. The molecule has 0 bridgehead atoms. The summed E-state index contributed by atoms with van der Waals surface area (Å²) in [5.74, 6) is 0.0366. The van der Waals surface area contributed by atoms with Crippen LogP contribution in [0.1, 0.15) is 76.0 Å². The Morgan fingerprint density at radius 3 is 2.21 bits per heavy atom. The smallest absolute Gasteiger partial charge is 0.217 e.